The lowest BCUT2D eigenvalue weighted by Gasteiger charge is -2.30. The van der Waals surface area contributed by atoms with Crippen LogP contribution in [0.25, 0.3) is 21.3 Å². The van der Waals surface area contributed by atoms with Gasteiger partial charge in [-0.1, -0.05) is 23.8 Å². The normalized spacial score (nSPS) is 15.4. The van der Waals surface area contributed by atoms with Crippen molar-refractivity contribution in [1.29, 1.82) is 0 Å². The number of thiophene rings is 1. The second-order valence-electron chi connectivity index (χ2n) is 8.59. The quantitative estimate of drug-likeness (QED) is 0.411. The van der Waals surface area contributed by atoms with Crippen molar-refractivity contribution in [2.24, 2.45) is 0 Å². The monoisotopic (exact) mass is 473 g/mol. The number of benzene rings is 2. The minimum absolute atomic E-state index is 0.155. The third-order valence-electron chi connectivity index (χ3n) is 6.17. The summed E-state index contributed by atoms with van der Waals surface area (Å²) >= 11 is 1.42. The summed E-state index contributed by atoms with van der Waals surface area (Å²) in [5.41, 5.74) is 4.72. The molecule has 0 aliphatic carbocycles. The highest BCUT2D eigenvalue weighted by atomic mass is 32.1. The molecule has 1 aliphatic rings. The molecule has 0 bridgehead atoms. The molecule has 1 amide bonds. The summed E-state index contributed by atoms with van der Waals surface area (Å²) in [7, 11) is 1.65. The molecule has 0 fully saturated rings. The fraction of sp³-hybridized carbons (Fsp3) is 0.231. The van der Waals surface area contributed by atoms with Crippen LogP contribution >= 0.6 is 11.3 Å². The topological polar surface area (TPSA) is 81.5 Å². The number of hydrogen-bond donors (Lipinski definition) is 0. The number of hydrogen-bond acceptors (Lipinski definition) is 6. The molecule has 34 heavy (non-hydrogen) atoms. The second kappa shape index (κ2) is 8.22. The lowest BCUT2D eigenvalue weighted by molar-refractivity contribution is -0.125. The van der Waals surface area contributed by atoms with Crippen LogP contribution in [0.3, 0.4) is 0 Å². The molecule has 4 aromatic rings. The first-order valence-corrected chi connectivity index (χ1v) is 11.8. The number of ether oxygens (including phenoxy) is 1. The van der Waals surface area contributed by atoms with Gasteiger partial charge in [0.2, 0.25) is 0 Å². The van der Waals surface area contributed by atoms with Crippen molar-refractivity contribution in [2.45, 2.75) is 33.4 Å². The van der Waals surface area contributed by atoms with E-state index in [4.69, 9.17) is 4.74 Å². The molecule has 5 rings (SSSR count). The van der Waals surface area contributed by atoms with E-state index >= 15 is 0 Å². The van der Waals surface area contributed by atoms with Crippen molar-refractivity contribution in [2.75, 3.05) is 11.9 Å². The van der Waals surface area contributed by atoms with Crippen molar-refractivity contribution in [3.05, 3.63) is 75.1 Å². The van der Waals surface area contributed by atoms with Gasteiger partial charge in [-0.15, -0.1) is 11.3 Å². The predicted octanol–water partition coefficient (Wildman–Crippen LogP) is 4.37. The zero-order chi connectivity index (χ0) is 24.1. The van der Waals surface area contributed by atoms with Crippen LogP contribution in [0.4, 0.5) is 5.69 Å². The first-order valence-electron chi connectivity index (χ1n) is 10.9. The predicted molar refractivity (Wildman–Crippen MR) is 133 cm³/mol. The molecule has 2 aromatic heterocycles. The van der Waals surface area contributed by atoms with Gasteiger partial charge in [0.05, 0.1) is 23.9 Å². The molecule has 0 saturated carbocycles. The Morgan fingerprint density at radius 2 is 1.91 bits per heavy atom. The Bertz CT molecular complexity index is 1540. The number of rotatable bonds is 4. The first kappa shape index (κ1) is 22.0. The standard InChI is InChI=1S/C26H23N3O4S/c1-14-5-7-18(15(2)9-14)19-12-34-24-23(19)26(32)29(13-27-24)11-21(30)17-6-8-22-20(10-17)28(4)25(31)16(3)33-22/h5-10,12-13,16H,11H2,1-4H3. The SMILES string of the molecule is Cc1ccc(-c2csc3ncn(CC(=O)c4ccc5c(c4)N(C)C(=O)C(C)O5)c(=O)c23)c(C)c1. The van der Waals surface area contributed by atoms with Gasteiger partial charge in [0.25, 0.3) is 11.5 Å². The number of nitrogens with zero attached hydrogens (tertiary/aromatic N) is 3. The molecular weight excluding hydrogens is 450 g/mol. The summed E-state index contributed by atoms with van der Waals surface area (Å²) in [5, 5.41) is 2.46. The van der Waals surface area contributed by atoms with Crippen LogP contribution in [0.5, 0.6) is 5.75 Å². The number of carbonyl (C=O) groups is 2. The smallest absolute Gasteiger partial charge is 0.267 e. The van der Waals surface area contributed by atoms with Crippen LogP contribution in [0, 0.1) is 13.8 Å². The van der Waals surface area contributed by atoms with Gasteiger partial charge in [-0.3, -0.25) is 19.0 Å². The maximum absolute atomic E-state index is 13.4. The van der Waals surface area contributed by atoms with Gasteiger partial charge >= 0.3 is 0 Å². The van der Waals surface area contributed by atoms with Crippen LogP contribution in [0.15, 0.2) is 52.9 Å². The zero-order valence-corrected chi connectivity index (χ0v) is 20.1. The molecule has 0 saturated heterocycles. The fourth-order valence-electron chi connectivity index (χ4n) is 4.33. The molecule has 1 atom stereocenters. The van der Waals surface area contributed by atoms with E-state index in [1.54, 1.807) is 32.2 Å². The van der Waals surface area contributed by atoms with Crippen LogP contribution < -0.4 is 15.2 Å². The van der Waals surface area contributed by atoms with Gasteiger partial charge in [-0.25, -0.2) is 4.98 Å². The molecule has 0 N–H and O–H groups in total. The van der Waals surface area contributed by atoms with Crippen LogP contribution in [0.2, 0.25) is 0 Å². The summed E-state index contributed by atoms with van der Waals surface area (Å²) in [6.07, 6.45) is 0.844. The number of carbonyl (C=O) groups excluding carboxylic acids is 2. The molecular formula is C26H23N3O4S. The Kier molecular flexibility index (Phi) is 5.32. The van der Waals surface area contributed by atoms with Crippen LogP contribution in [0.1, 0.15) is 28.4 Å². The maximum atomic E-state index is 13.4. The Balaban J connectivity index is 1.50. The highest BCUT2D eigenvalue weighted by Gasteiger charge is 2.29. The lowest BCUT2D eigenvalue weighted by atomic mass is 9.99. The van der Waals surface area contributed by atoms with E-state index in [1.807, 2.05) is 31.4 Å². The summed E-state index contributed by atoms with van der Waals surface area (Å²) in [4.78, 5) is 45.3. The van der Waals surface area contributed by atoms with Gasteiger partial charge < -0.3 is 9.64 Å². The van der Waals surface area contributed by atoms with E-state index in [0.29, 0.717) is 27.2 Å². The molecule has 3 heterocycles. The molecule has 8 heteroatoms. The average Bonchev–Trinajstić information content (AvgIpc) is 3.24. The van der Waals surface area contributed by atoms with E-state index in [1.165, 1.54) is 27.1 Å². The molecule has 1 unspecified atom stereocenters. The van der Waals surface area contributed by atoms with Crippen molar-refractivity contribution < 1.29 is 14.3 Å². The van der Waals surface area contributed by atoms with Gasteiger partial charge in [-0.2, -0.15) is 0 Å². The minimum atomic E-state index is -0.576. The number of Topliss-reactive ketones (excluding diaryl/α,β-unsaturated/α-hetero) is 1. The molecule has 1 aliphatic heterocycles. The van der Waals surface area contributed by atoms with Gasteiger partial charge in [-0.05, 0) is 50.1 Å². The van der Waals surface area contributed by atoms with E-state index < -0.39 is 6.10 Å². The fourth-order valence-corrected chi connectivity index (χ4v) is 5.22. The number of fused-ring (bicyclic) bond motifs is 2. The summed E-state index contributed by atoms with van der Waals surface area (Å²) < 4.78 is 6.98. The molecule has 2 aromatic carbocycles. The highest BCUT2D eigenvalue weighted by molar-refractivity contribution is 7.17. The van der Waals surface area contributed by atoms with E-state index in [9.17, 15) is 14.4 Å². The third-order valence-corrected chi connectivity index (χ3v) is 7.06. The van der Waals surface area contributed by atoms with Crippen molar-refractivity contribution >= 4 is 38.9 Å². The molecule has 0 spiro atoms. The number of anilines is 1. The molecule has 172 valence electrons. The molecule has 0 radical (unpaired) electrons. The third kappa shape index (κ3) is 3.60. The van der Waals surface area contributed by atoms with E-state index in [2.05, 4.69) is 11.1 Å². The highest BCUT2D eigenvalue weighted by Crippen LogP contribution is 2.35. The Hall–Kier alpha value is -3.78. The Labute approximate surface area is 200 Å². The number of amides is 1. The van der Waals surface area contributed by atoms with E-state index in [0.717, 1.165) is 22.3 Å². The van der Waals surface area contributed by atoms with Gasteiger partial charge in [0.1, 0.15) is 10.6 Å². The maximum Gasteiger partial charge on any atom is 0.267 e. The van der Waals surface area contributed by atoms with Crippen LogP contribution in [-0.4, -0.2) is 34.4 Å². The zero-order valence-electron chi connectivity index (χ0n) is 19.3. The summed E-state index contributed by atoms with van der Waals surface area (Å²) in [6, 6.07) is 11.1. The Morgan fingerprint density at radius 1 is 1.12 bits per heavy atom. The van der Waals surface area contributed by atoms with Crippen molar-refractivity contribution in [3.63, 3.8) is 0 Å². The first-order chi connectivity index (χ1) is 16.2. The number of aromatic nitrogens is 2. The van der Waals surface area contributed by atoms with E-state index in [-0.39, 0.29) is 23.8 Å². The average molecular weight is 474 g/mol. The van der Waals surface area contributed by atoms with Crippen molar-refractivity contribution in [1.82, 2.24) is 9.55 Å². The van der Waals surface area contributed by atoms with Gasteiger partial charge in [0.15, 0.2) is 11.9 Å². The summed E-state index contributed by atoms with van der Waals surface area (Å²) in [6.45, 7) is 5.58. The number of aryl methyl sites for hydroxylation is 2. The molecule has 7 nitrogen and oxygen atoms in total. The Morgan fingerprint density at radius 3 is 2.68 bits per heavy atom. The number of ketones is 1. The minimum Gasteiger partial charge on any atom is -0.479 e. The summed E-state index contributed by atoms with van der Waals surface area (Å²) in [5.74, 6) is 0.107. The van der Waals surface area contributed by atoms with Crippen LogP contribution in [-0.2, 0) is 11.3 Å². The van der Waals surface area contributed by atoms with Crippen molar-refractivity contribution in [3.8, 4) is 16.9 Å². The second-order valence-corrected chi connectivity index (χ2v) is 9.45. The lowest BCUT2D eigenvalue weighted by Crippen LogP contribution is -2.42. The van der Waals surface area contributed by atoms with Gasteiger partial charge in [0, 0.05) is 23.6 Å². The largest absolute Gasteiger partial charge is 0.479 e. The number of likely N-dealkylation sites (N-methyl/N-ethyl adjacent to an activating group) is 1.